The minimum Gasteiger partial charge on any atom is -0.352 e. The van der Waals surface area contributed by atoms with E-state index in [9.17, 15) is 18.0 Å². The largest absolute Gasteiger partial charge is 0.352 e. The van der Waals surface area contributed by atoms with Crippen LogP contribution in [0.25, 0.3) is 0 Å². The van der Waals surface area contributed by atoms with Crippen molar-refractivity contribution >= 4 is 62.3 Å². The lowest BCUT2D eigenvalue weighted by atomic mass is 10.1. The molecule has 7 nitrogen and oxygen atoms in total. The number of anilines is 1. The first-order valence-corrected chi connectivity index (χ1v) is 15.2. The van der Waals surface area contributed by atoms with Crippen LogP contribution in [0.3, 0.4) is 0 Å². The highest BCUT2D eigenvalue weighted by atomic mass is 35.5. The minimum atomic E-state index is -3.86. The van der Waals surface area contributed by atoms with Crippen LogP contribution in [-0.4, -0.2) is 50.0 Å². The average molecular weight is 589 g/mol. The Morgan fingerprint density at radius 2 is 1.68 bits per heavy atom. The highest BCUT2D eigenvalue weighted by Gasteiger charge is 2.33. The summed E-state index contributed by atoms with van der Waals surface area (Å²) < 4.78 is 26.5. The van der Waals surface area contributed by atoms with E-state index in [1.54, 1.807) is 37.3 Å². The van der Waals surface area contributed by atoms with Crippen LogP contribution in [0.2, 0.25) is 15.1 Å². The third kappa shape index (κ3) is 7.53. The number of nitrogens with zero attached hydrogens (tertiary/aromatic N) is 2. The molecule has 11 heteroatoms. The molecule has 0 radical (unpaired) electrons. The highest BCUT2D eigenvalue weighted by Crippen LogP contribution is 2.29. The van der Waals surface area contributed by atoms with Crippen molar-refractivity contribution in [2.45, 2.75) is 64.6 Å². The maximum absolute atomic E-state index is 13.8. The smallest absolute Gasteiger partial charge is 0.244 e. The van der Waals surface area contributed by atoms with E-state index in [2.05, 4.69) is 5.32 Å². The summed E-state index contributed by atoms with van der Waals surface area (Å²) in [7, 11) is -3.86. The summed E-state index contributed by atoms with van der Waals surface area (Å²) >= 11 is 19.1. The van der Waals surface area contributed by atoms with Gasteiger partial charge in [0.1, 0.15) is 12.6 Å². The van der Waals surface area contributed by atoms with Gasteiger partial charge in [0.15, 0.2) is 0 Å². The van der Waals surface area contributed by atoms with Crippen molar-refractivity contribution in [2.24, 2.45) is 0 Å². The van der Waals surface area contributed by atoms with Crippen LogP contribution < -0.4 is 9.62 Å². The first-order chi connectivity index (χ1) is 17.4. The summed E-state index contributed by atoms with van der Waals surface area (Å²) in [5.74, 6) is -0.846. The van der Waals surface area contributed by atoms with Gasteiger partial charge in [-0.1, -0.05) is 66.7 Å². The van der Waals surface area contributed by atoms with Crippen molar-refractivity contribution < 1.29 is 18.0 Å². The van der Waals surface area contributed by atoms with Crippen molar-refractivity contribution in [1.29, 1.82) is 0 Å². The first-order valence-electron chi connectivity index (χ1n) is 12.2. The van der Waals surface area contributed by atoms with Gasteiger partial charge < -0.3 is 10.2 Å². The standard InChI is InChI=1S/C26H32Cl3N3O4S/c1-4-24(26(34)30-18-8-5-6-9-18)31(15-20-21(27)10-7-11-22(20)28)25(33)16-32(37(3,35)36)19-13-12-17(2)23(29)14-19/h7,10-14,18,24H,4-6,8-9,15-16H2,1-3H3,(H,30,34). The number of hydrogen-bond donors (Lipinski definition) is 1. The van der Waals surface area contributed by atoms with Gasteiger partial charge in [-0.15, -0.1) is 0 Å². The van der Waals surface area contributed by atoms with Crippen LogP contribution in [-0.2, 0) is 26.2 Å². The Morgan fingerprint density at radius 1 is 1.05 bits per heavy atom. The summed E-state index contributed by atoms with van der Waals surface area (Å²) in [4.78, 5) is 28.5. The summed E-state index contributed by atoms with van der Waals surface area (Å²) in [5, 5.41) is 4.13. The molecule has 1 aliphatic rings. The van der Waals surface area contributed by atoms with Crippen LogP contribution in [0.5, 0.6) is 0 Å². The Balaban J connectivity index is 1.98. The summed E-state index contributed by atoms with van der Waals surface area (Å²) in [6.07, 6.45) is 5.21. The van der Waals surface area contributed by atoms with E-state index in [1.807, 2.05) is 6.92 Å². The van der Waals surface area contributed by atoms with Crippen LogP contribution in [0.1, 0.15) is 50.2 Å². The van der Waals surface area contributed by atoms with E-state index >= 15 is 0 Å². The van der Waals surface area contributed by atoms with Gasteiger partial charge in [0.05, 0.1) is 11.9 Å². The average Bonchev–Trinajstić information content (AvgIpc) is 3.33. The molecule has 1 N–H and O–H groups in total. The summed E-state index contributed by atoms with van der Waals surface area (Å²) in [6, 6.07) is 9.00. The van der Waals surface area contributed by atoms with E-state index in [4.69, 9.17) is 34.8 Å². The maximum atomic E-state index is 13.8. The highest BCUT2D eigenvalue weighted by molar-refractivity contribution is 7.92. The number of nitrogens with one attached hydrogen (secondary N) is 1. The zero-order valence-corrected chi connectivity index (χ0v) is 24.2. The van der Waals surface area contributed by atoms with Crippen molar-refractivity contribution in [3.05, 3.63) is 62.6 Å². The molecular weight excluding hydrogens is 557 g/mol. The second kappa shape index (κ2) is 12.7. The van der Waals surface area contributed by atoms with E-state index in [1.165, 1.54) is 11.0 Å². The Labute approximate surface area is 234 Å². The van der Waals surface area contributed by atoms with Gasteiger partial charge in [-0.3, -0.25) is 13.9 Å². The molecule has 37 heavy (non-hydrogen) atoms. The first kappa shape index (κ1) is 29.6. The molecule has 0 bridgehead atoms. The molecule has 1 unspecified atom stereocenters. The van der Waals surface area contributed by atoms with Crippen LogP contribution in [0, 0.1) is 6.92 Å². The second-order valence-corrected chi connectivity index (χ2v) is 12.5. The molecule has 202 valence electrons. The molecule has 2 amide bonds. The van der Waals surface area contributed by atoms with Crippen molar-refractivity contribution in [3.63, 3.8) is 0 Å². The molecule has 0 heterocycles. The zero-order valence-electron chi connectivity index (χ0n) is 21.1. The molecule has 1 atom stereocenters. The second-order valence-electron chi connectivity index (χ2n) is 9.34. The van der Waals surface area contributed by atoms with Gasteiger partial charge in [0.2, 0.25) is 21.8 Å². The van der Waals surface area contributed by atoms with Crippen molar-refractivity contribution in [2.75, 3.05) is 17.1 Å². The monoisotopic (exact) mass is 587 g/mol. The lowest BCUT2D eigenvalue weighted by molar-refractivity contribution is -0.140. The van der Waals surface area contributed by atoms with E-state index in [0.717, 1.165) is 41.8 Å². The van der Waals surface area contributed by atoms with Gasteiger partial charge in [-0.25, -0.2) is 8.42 Å². The Morgan fingerprint density at radius 3 is 2.22 bits per heavy atom. The number of hydrogen-bond acceptors (Lipinski definition) is 4. The van der Waals surface area contributed by atoms with Gasteiger partial charge in [-0.05, 0) is 56.0 Å². The van der Waals surface area contributed by atoms with Gasteiger partial charge >= 0.3 is 0 Å². The number of carbonyl (C=O) groups is 2. The molecule has 3 rings (SSSR count). The molecule has 2 aromatic carbocycles. The fourth-order valence-electron chi connectivity index (χ4n) is 4.49. The fourth-order valence-corrected chi connectivity index (χ4v) is 6.02. The normalized spacial score (nSPS) is 14.9. The number of rotatable bonds is 10. The summed E-state index contributed by atoms with van der Waals surface area (Å²) in [6.45, 7) is 3.03. The van der Waals surface area contributed by atoms with Crippen LogP contribution in [0.15, 0.2) is 36.4 Å². The van der Waals surface area contributed by atoms with E-state index in [0.29, 0.717) is 27.1 Å². The lowest BCUT2D eigenvalue weighted by Gasteiger charge is -2.33. The maximum Gasteiger partial charge on any atom is 0.244 e. The molecular formula is C26H32Cl3N3O4S. The topological polar surface area (TPSA) is 86.8 Å². The number of sulfonamides is 1. The zero-order chi connectivity index (χ0) is 27.3. The van der Waals surface area contributed by atoms with Gasteiger partial charge in [-0.2, -0.15) is 0 Å². The molecule has 2 aromatic rings. The Hall–Kier alpha value is -2.00. The Kier molecular flexibility index (Phi) is 10.1. The quantitative estimate of drug-likeness (QED) is 0.392. The molecule has 0 aromatic heterocycles. The summed E-state index contributed by atoms with van der Waals surface area (Å²) in [5.41, 5.74) is 1.51. The number of amides is 2. The van der Waals surface area contributed by atoms with Crippen molar-refractivity contribution in [3.8, 4) is 0 Å². The van der Waals surface area contributed by atoms with Gasteiger partial charge in [0.25, 0.3) is 0 Å². The number of benzene rings is 2. The lowest BCUT2D eigenvalue weighted by Crippen LogP contribution is -2.53. The predicted octanol–water partition coefficient (Wildman–Crippen LogP) is 5.59. The van der Waals surface area contributed by atoms with E-state index in [-0.39, 0.29) is 24.2 Å². The minimum absolute atomic E-state index is 0.0554. The number of carbonyl (C=O) groups excluding carboxylic acids is 2. The molecule has 1 aliphatic carbocycles. The number of halogens is 3. The number of aryl methyl sites for hydroxylation is 1. The van der Waals surface area contributed by atoms with Crippen molar-refractivity contribution in [1.82, 2.24) is 10.2 Å². The van der Waals surface area contributed by atoms with Gasteiger partial charge in [0, 0.05) is 33.2 Å². The SMILES string of the molecule is CCC(C(=O)NC1CCCC1)N(Cc1c(Cl)cccc1Cl)C(=O)CN(c1ccc(C)c(Cl)c1)S(C)(=O)=O. The van der Waals surface area contributed by atoms with Crippen LogP contribution in [0.4, 0.5) is 5.69 Å². The van der Waals surface area contributed by atoms with Crippen LogP contribution >= 0.6 is 34.8 Å². The molecule has 1 saturated carbocycles. The Bertz CT molecular complexity index is 1230. The molecule has 1 fully saturated rings. The molecule has 0 aliphatic heterocycles. The third-order valence-electron chi connectivity index (χ3n) is 6.60. The predicted molar refractivity (Wildman–Crippen MR) is 150 cm³/mol. The third-order valence-corrected chi connectivity index (χ3v) is 8.86. The fraction of sp³-hybridized carbons (Fsp3) is 0.462. The molecule has 0 spiro atoms. The molecule has 0 saturated heterocycles. The van der Waals surface area contributed by atoms with E-state index < -0.39 is 28.5 Å².